The average molecular weight is 302 g/mol. The number of hydrogen-bond donors (Lipinski definition) is 0. The maximum Gasteiger partial charge on any atom is 0.494 e. The molecule has 0 amide bonds. The average Bonchev–Trinajstić information content (AvgIpc) is 2.68. The van der Waals surface area contributed by atoms with Crippen molar-refractivity contribution in [1.29, 1.82) is 0 Å². The van der Waals surface area contributed by atoms with Gasteiger partial charge in [-0.25, -0.2) is 0 Å². The second kappa shape index (κ2) is 5.66. The standard InChI is InChI=1S/C18H27BO3/c1-13-11-15(19-21-17(2,3)18(4,5)22-19)8-9-16(13)14-7-6-10-20-12-14/h8-9,11,14H,6-7,10,12H2,1-5H3. The van der Waals surface area contributed by atoms with Gasteiger partial charge in [0.2, 0.25) is 0 Å². The van der Waals surface area contributed by atoms with Crippen LogP contribution in [0.2, 0.25) is 0 Å². The molecule has 2 aliphatic heterocycles. The predicted molar refractivity (Wildman–Crippen MR) is 89.7 cm³/mol. The molecular formula is C18H27BO3. The number of benzene rings is 1. The molecule has 2 aliphatic rings. The summed E-state index contributed by atoms with van der Waals surface area (Å²) in [6.07, 6.45) is 2.37. The van der Waals surface area contributed by atoms with Gasteiger partial charge in [0.05, 0.1) is 17.8 Å². The highest BCUT2D eigenvalue weighted by Gasteiger charge is 2.51. The van der Waals surface area contributed by atoms with Gasteiger partial charge in [-0.1, -0.05) is 18.2 Å². The van der Waals surface area contributed by atoms with E-state index in [2.05, 4.69) is 52.8 Å². The minimum atomic E-state index is -0.290. The van der Waals surface area contributed by atoms with E-state index in [0.717, 1.165) is 25.1 Å². The van der Waals surface area contributed by atoms with Gasteiger partial charge in [0, 0.05) is 12.5 Å². The van der Waals surface area contributed by atoms with E-state index in [1.807, 2.05) is 0 Å². The van der Waals surface area contributed by atoms with Gasteiger partial charge in [0.1, 0.15) is 0 Å². The quantitative estimate of drug-likeness (QED) is 0.785. The smallest absolute Gasteiger partial charge is 0.399 e. The molecule has 2 saturated heterocycles. The van der Waals surface area contributed by atoms with Gasteiger partial charge in [-0.3, -0.25) is 0 Å². The van der Waals surface area contributed by atoms with E-state index < -0.39 is 0 Å². The second-order valence-corrected chi connectivity index (χ2v) is 7.62. The van der Waals surface area contributed by atoms with Crippen molar-refractivity contribution in [3.63, 3.8) is 0 Å². The van der Waals surface area contributed by atoms with Gasteiger partial charge >= 0.3 is 7.12 Å². The molecule has 120 valence electrons. The molecule has 0 radical (unpaired) electrons. The van der Waals surface area contributed by atoms with E-state index in [4.69, 9.17) is 14.0 Å². The Kier molecular flexibility index (Phi) is 4.13. The summed E-state index contributed by atoms with van der Waals surface area (Å²) in [5.41, 5.74) is 3.24. The van der Waals surface area contributed by atoms with Crippen LogP contribution in [0.1, 0.15) is 57.6 Å². The van der Waals surface area contributed by atoms with Crippen LogP contribution in [0.5, 0.6) is 0 Å². The lowest BCUT2D eigenvalue weighted by atomic mass is 9.76. The molecule has 2 heterocycles. The summed E-state index contributed by atoms with van der Waals surface area (Å²) in [7, 11) is -0.277. The maximum atomic E-state index is 6.14. The lowest BCUT2D eigenvalue weighted by Gasteiger charge is -2.32. The van der Waals surface area contributed by atoms with Crippen LogP contribution >= 0.6 is 0 Å². The largest absolute Gasteiger partial charge is 0.494 e. The number of hydrogen-bond acceptors (Lipinski definition) is 3. The predicted octanol–water partition coefficient (Wildman–Crippen LogP) is 3.19. The number of rotatable bonds is 2. The van der Waals surface area contributed by atoms with Crippen molar-refractivity contribution in [2.45, 2.75) is 64.6 Å². The maximum absolute atomic E-state index is 6.14. The van der Waals surface area contributed by atoms with Crippen molar-refractivity contribution >= 4 is 12.6 Å². The van der Waals surface area contributed by atoms with Crippen LogP contribution < -0.4 is 5.46 Å². The van der Waals surface area contributed by atoms with Crippen molar-refractivity contribution < 1.29 is 14.0 Å². The Morgan fingerprint density at radius 2 is 1.77 bits per heavy atom. The summed E-state index contributed by atoms with van der Waals surface area (Å²) in [5, 5.41) is 0. The lowest BCUT2D eigenvalue weighted by Crippen LogP contribution is -2.41. The van der Waals surface area contributed by atoms with Crippen LogP contribution in [0.15, 0.2) is 18.2 Å². The topological polar surface area (TPSA) is 27.7 Å². The van der Waals surface area contributed by atoms with Crippen LogP contribution in [0.25, 0.3) is 0 Å². The summed E-state index contributed by atoms with van der Waals surface area (Å²) in [5.74, 6) is 0.529. The highest BCUT2D eigenvalue weighted by atomic mass is 16.7. The first kappa shape index (κ1) is 16.0. The Labute approximate surface area is 134 Å². The SMILES string of the molecule is Cc1cc(B2OC(C)(C)C(C)(C)O2)ccc1C1CCCOC1. The van der Waals surface area contributed by atoms with Crippen LogP contribution in [-0.4, -0.2) is 31.5 Å². The van der Waals surface area contributed by atoms with Crippen LogP contribution in [-0.2, 0) is 14.0 Å². The third-order valence-corrected chi connectivity index (χ3v) is 5.42. The normalized spacial score (nSPS) is 27.1. The molecule has 1 aromatic carbocycles. The summed E-state index contributed by atoms with van der Waals surface area (Å²) < 4.78 is 17.9. The molecule has 22 heavy (non-hydrogen) atoms. The molecule has 0 aliphatic carbocycles. The van der Waals surface area contributed by atoms with E-state index in [1.54, 1.807) is 0 Å². The van der Waals surface area contributed by atoms with Crippen LogP contribution in [0.4, 0.5) is 0 Å². The fraction of sp³-hybridized carbons (Fsp3) is 0.667. The first-order chi connectivity index (χ1) is 10.3. The van der Waals surface area contributed by atoms with Gasteiger partial charge in [0.25, 0.3) is 0 Å². The van der Waals surface area contributed by atoms with E-state index in [0.29, 0.717) is 5.92 Å². The van der Waals surface area contributed by atoms with Gasteiger partial charge in [-0.05, 0) is 64.1 Å². The summed E-state index contributed by atoms with van der Waals surface area (Å²) in [6.45, 7) is 12.3. The van der Waals surface area contributed by atoms with Gasteiger partial charge in [-0.2, -0.15) is 0 Å². The minimum absolute atomic E-state index is 0.277. The van der Waals surface area contributed by atoms with Crippen LogP contribution in [0.3, 0.4) is 0 Å². The first-order valence-corrected chi connectivity index (χ1v) is 8.34. The molecular weight excluding hydrogens is 275 g/mol. The number of aryl methyl sites for hydroxylation is 1. The molecule has 0 aromatic heterocycles. The summed E-state index contributed by atoms with van der Waals surface area (Å²) in [4.78, 5) is 0. The van der Waals surface area contributed by atoms with E-state index in [1.165, 1.54) is 17.5 Å². The zero-order valence-electron chi connectivity index (χ0n) is 14.4. The fourth-order valence-electron chi connectivity index (χ4n) is 3.27. The van der Waals surface area contributed by atoms with Crippen molar-refractivity contribution in [1.82, 2.24) is 0 Å². The lowest BCUT2D eigenvalue weighted by molar-refractivity contribution is 0.00578. The molecule has 0 bridgehead atoms. The van der Waals surface area contributed by atoms with Crippen LogP contribution in [0, 0.1) is 6.92 Å². The molecule has 0 saturated carbocycles. The van der Waals surface area contributed by atoms with Gasteiger partial charge in [0.15, 0.2) is 0 Å². The Balaban J connectivity index is 1.81. The second-order valence-electron chi connectivity index (χ2n) is 7.62. The Morgan fingerprint density at radius 3 is 2.32 bits per heavy atom. The molecule has 0 N–H and O–H groups in total. The van der Waals surface area contributed by atoms with Crippen molar-refractivity contribution in [3.05, 3.63) is 29.3 Å². The third kappa shape index (κ3) is 2.84. The minimum Gasteiger partial charge on any atom is -0.399 e. The molecule has 1 unspecified atom stereocenters. The molecule has 3 rings (SSSR count). The highest BCUT2D eigenvalue weighted by molar-refractivity contribution is 6.62. The Bertz CT molecular complexity index is 531. The Morgan fingerprint density at radius 1 is 1.09 bits per heavy atom. The monoisotopic (exact) mass is 302 g/mol. The van der Waals surface area contributed by atoms with Crippen molar-refractivity contribution in [3.8, 4) is 0 Å². The van der Waals surface area contributed by atoms with Crippen molar-refractivity contribution in [2.24, 2.45) is 0 Å². The highest BCUT2D eigenvalue weighted by Crippen LogP contribution is 2.36. The molecule has 1 aromatic rings. The van der Waals surface area contributed by atoms with Crippen molar-refractivity contribution in [2.75, 3.05) is 13.2 Å². The molecule has 4 heteroatoms. The zero-order chi connectivity index (χ0) is 16.0. The first-order valence-electron chi connectivity index (χ1n) is 8.34. The molecule has 3 nitrogen and oxygen atoms in total. The fourth-order valence-corrected chi connectivity index (χ4v) is 3.27. The van der Waals surface area contributed by atoms with E-state index >= 15 is 0 Å². The zero-order valence-corrected chi connectivity index (χ0v) is 14.4. The molecule has 2 fully saturated rings. The van der Waals surface area contributed by atoms with Gasteiger partial charge in [-0.15, -0.1) is 0 Å². The molecule has 1 atom stereocenters. The summed E-state index contributed by atoms with van der Waals surface area (Å²) in [6, 6.07) is 6.60. The summed E-state index contributed by atoms with van der Waals surface area (Å²) >= 11 is 0. The number of ether oxygens (including phenoxy) is 1. The van der Waals surface area contributed by atoms with Gasteiger partial charge < -0.3 is 14.0 Å². The Hall–Kier alpha value is -0.835. The third-order valence-electron chi connectivity index (χ3n) is 5.42. The van der Waals surface area contributed by atoms with E-state index in [-0.39, 0.29) is 18.3 Å². The van der Waals surface area contributed by atoms with E-state index in [9.17, 15) is 0 Å². The molecule has 0 spiro atoms.